The summed E-state index contributed by atoms with van der Waals surface area (Å²) in [5.41, 5.74) is 0.899. The molecule has 0 fully saturated rings. The third-order valence-corrected chi connectivity index (χ3v) is 3.76. The van der Waals surface area contributed by atoms with Crippen molar-refractivity contribution < 1.29 is 34.4 Å². The number of hydrogen-bond donors (Lipinski definition) is 3. The molecule has 27 heavy (non-hydrogen) atoms. The summed E-state index contributed by atoms with van der Waals surface area (Å²) in [4.78, 5) is 22.8. The zero-order chi connectivity index (χ0) is 19.8. The number of phenols is 2. The first-order valence-corrected chi connectivity index (χ1v) is 8.56. The minimum Gasteiger partial charge on any atom is -0.507 e. The van der Waals surface area contributed by atoms with Crippen LogP contribution in [0.25, 0.3) is 0 Å². The van der Waals surface area contributed by atoms with Crippen LogP contribution in [0.2, 0.25) is 0 Å². The summed E-state index contributed by atoms with van der Waals surface area (Å²) in [6, 6.07) is 9.04. The van der Waals surface area contributed by atoms with E-state index >= 15 is 0 Å². The highest BCUT2D eigenvalue weighted by molar-refractivity contribution is 5.98. The van der Waals surface area contributed by atoms with Crippen molar-refractivity contribution in [3.63, 3.8) is 0 Å². The number of Topliss-reactive ketones (excluding diaryl/α,β-unsaturated/α-hetero) is 1. The van der Waals surface area contributed by atoms with Crippen molar-refractivity contribution in [2.24, 2.45) is 0 Å². The van der Waals surface area contributed by atoms with E-state index in [0.717, 1.165) is 12.0 Å². The molecule has 0 atom stereocenters. The molecule has 0 heterocycles. The van der Waals surface area contributed by atoms with Crippen molar-refractivity contribution in [2.45, 2.75) is 26.2 Å². The molecule has 144 valence electrons. The van der Waals surface area contributed by atoms with Crippen molar-refractivity contribution in [1.29, 1.82) is 0 Å². The predicted octanol–water partition coefficient (Wildman–Crippen LogP) is 3.17. The number of carbonyl (C=O) groups excluding carboxylic acids is 1. The summed E-state index contributed by atoms with van der Waals surface area (Å²) in [7, 11) is 0. The summed E-state index contributed by atoms with van der Waals surface area (Å²) >= 11 is 0. The van der Waals surface area contributed by atoms with Gasteiger partial charge in [0.2, 0.25) is 0 Å². The van der Waals surface area contributed by atoms with E-state index in [2.05, 4.69) is 0 Å². The Hall–Kier alpha value is -3.22. The molecule has 7 heteroatoms. The maximum Gasteiger partial charge on any atom is 0.341 e. The van der Waals surface area contributed by atoms with Crippen LogP contribution in [0.1, 0.15) is 35.7 Å². The molecular formula is C20H22O7. The molecule has 0 amide bonds. The number of carboxylic acid groups (broad SMARTS) is 1. The SMILES string of the molecule is CCCOc1ccc(CCC(=O)c2ccc(OCC(=O)O)cc2O)cc1O. The molecule has 7 nitrogen and oxygen atoms in total. The molecule has 2 rings (SSSR count). The molecule has 3 N–H and O–H groups in total. The zero-order valence-electron chi connectivity index (χ0n) is 15.0. The lowest BCUT2D eigenvalue weighted by Crippen LogP contribution is -2.09. The van der Waals surface area contributed by atoms with Crippen LogP contribution >= 0.6 is 0 Å². The fraction of sp³-hybridized carbons (Fsp3) is 0.300. The maximum absolute atomic E-state index is 12.3. The van der Waals surface area contributed by atoms with Gasteiger partial charge in [-0.25, -0.2) is 4.79 Å². The topological polar surface area (TPSA) is 113 Å². The minimum absolute atomic E-state index is 0.0242. The molecule has 0 bridgehead atoms. The third-order valence-electron chi connectivity index (χ3n) is 3.76. The Bertz CT molecular complexity index is 814. The van der Waals surface area contributed by atoms with Gasteiger partial charge in [-0.05, 0) is 42.7 Å². The molecule has 0 aliphatic heterocycles. The number of benzene rings is 2. The van der Waals surface area contributed by atoms with E-state index in [0.29, 0.717) is 18.8 Å². The molecular weight excluding hydrogens is 352 g/mol. The number of ketones is 1. The van der Waals surface area contributed by atoms with Gasteiger partial charge < -0.3 is 24.8 Å². The summed E-state index contributed by atoms with van der Waals surface area (Å²) in [6.45, 7) is 1.95. The molecule has 0 aliphatic carbocycles. The number of carbonyl (C=O) groups is 2. The van der Waals surface area contributed by atoms with Gasteiger partial charge in [0.1, 0.15) is 11.5 Å². The number of hydrogen-bond acceptors (Lipinski definition) is 6. The van der Waals surface area contributed by atoms with Gasteiger partial charge in [0, 0.05) is 12.5 Å². The first-order valence-electron chi connectivity index (χ1n) is 8.56. The average Bonchev–Trinajstić information content (AvgIpc) is 2.63. The number of ether oxygens (including phenoxy) is 2. The van der Waals surface area contributed by atoms with Gasteiger partial charge in [0.05, 0.1) is 12.2 Å². The van der Waals surface area contributed by atoms with E-state index in [1.807, 2.05) is 6.92 Å². The lowest BCUT2D eigenvalue weighted by Gasteiger charge is -2.09. The molecule has 2 aromatic rings. The number of rotatable bonds is 10. The van der Waals surface area contributed by atoms with Crippen molar-refractivity contribution in [3.05, 3.63) is 47.5 Å². The summed E-state index contributed by atoms with van der Waals surface area (Å²) in [5, 5.41) is 28.5. The minimum atomic E-state index is -1.14. The monoisotopic (exact) mass is 374 g/mol. The Kier molecular flexibility index (Phi) is 7.05. The molecule has 0 aromatic heterocycles. The van der Waals surface area contributed by atoms with Crippen LogP contribution in [0.5, 0.6) is 23.0 Å². The van der Waals surface area contributed by atoms with Crippen LogP contribution < -0.4 is 9.47 Å². The van der Waals surface area contributed by atoms with Crippen LogP contribution in [0.15, 0.2) is 36.4 Å². The second-order valence-corrected chi connectivity index (χ2v) is 5.94. The highest BCUT2D eigenvalue weighted by atomic mass is 16.5. The molecule has 0 saturated carbocycles. The Morgan fingerprint density at radius 3 is 2.41 bits per heavy atom. The van der Waals surface area contributed by atoms with Gasteiger partial charge in [-0.1, -0.05) is 13.0 Å². The predicted molar refractivity (Wildman–Crippen MR) is 97.8 cm³/mol. The summed E-state index contributed by atoms with van der Waals surface area (Å²) in [6.07, 6.45) is 1.36. The van der Waals surface area contributed by atoms with Crippen molar-refractivity contribution in [1.82, 2.24) is 0 Å². The molecule has 0 spiro atoms. The van der Waals surface area contributed by atoms with Crippen molar-refractivity contribution >= 4 is 11.8 Å². The number of aryl methyl sites for hydroxylation is 1. The van der Waals surface area contributed by atoms with Gasteiger partial charge in [-0.15, -0.1) is 0 Å². The van der Waals surface area contributed by atoms with Crippen LogP contribution in [0, 0.1) is 0 Å². The van der Waals surface area contributed by atoms with Gasteiger partial charge in [-0.2, -0.15) is 0 Å². The zero-order valence-corrected chi connectivity index (χ0v) is 15.0. The first kappa shape index (κ1) is 20.1. The third kappa shape index (κ3) is 5.91. The van der Waals surface area contributed by atoms with Gasteiger partial charge in [-0.3, -0.25) is 4.79 Å². The lowest BCUT2D eigenvalue weighted by molar-refractivity contribution is -0.139. The van der Waals surface area contributed by atoms with E-state index in [4.69, 9.17) is 14.6 Å². The van der Waals surface area contributed by atoms with E-state index in [1.165, 1.54) is 18.2 Å². The standard InChI is InChI=1S/C20H22O7/c1-2-9-26-19-8-4-13(10-18(19)23)3-7-16(21)15-6-5-14(11-17(15)22)27-12-20(24)25/h4-6,8,10-11,22-23H,2-3,7,9,12H2,1H3,(H,24,25). The van der Waals surface area contributed by atoms with E-state index in [1.54, 1.807) is 18.2 Å². The molecule has 0 aliphatic rings. The number of aliphatic carboxylic acids is 1. The molecule has 2 aromatic carbocycles. The van der Waals surface area contributed by atoms with Crippen molar-refractivity contribution in [2.75, 3.05) is 13.2 Å². The van der Waals surface area contributed by atoms with Crippen LogP contribution in [0.3, 0.4) is 0 Å². The van der Waals surface area contributed by atoms with Gasteiger partial charge >= 0.3 is 5.97 Å². The largest absolute Gasteiger partial charge is 0.507 e. The summed E-state index contributed by atoms with van der Waals surface area (Å²) < 4.78 is 10.4. The fourth-order valence-electron chi connectivity index (χ4n) is 2.43. The van der Waals surface area contributed by atoms with Crippen LogP contribution in [0.4, 0.5) is 0 Å². The Balaban J connectivity index is 1.97. The van der Waals surface area contributed by atoms with Gasteiger partial charge in [0.25, 0.3) is 0 Å². The fourth-order valence-corrected chi connectivity index (χ4v) is 2.43. The quantitative estimate of drug-likeness (QED) is 0.547. The molecule has 0 radical (unpaired) electrons. The number of phenolic OH excluding ortho intramolecular Hbond substituents is 2. The first-order chi connectivity index (χ1) is 12.9. The van der Waals surface area contributed by atoms with Crippen LogP contribution in [-0.4, -0.2) is 40.3 Å². The van der Waals surface area contributed by atoms with E-state index in [-0.39, 0.29) is 35.0 Å². The number of carboxylic acids is 1. The maximum atomic E-state index is 12.3. The highest BCUT2D eigenvalue weighted by Crippen LogP contribution is 2.28. The lowest BCUT2D eigenvalue weighted by atomic mass is 10.0. The van der Waals surface area contributed by atoms with Crippen molar-refractivity contribution in [3.8, 4) is 23.0 Å². The van der Waals surface area contributed by atoms with Gasteiger partial charge in [0.15, 0.2) is 23.9 Å². The second kappa shape index (κ2) is 9.47. The Labute approximate surface area is 156 Å². The number of aromatic hydroxyl groups is 2. The van der Waals surface area contributed by atoms with E-state index in [9.17, 15) is 19.8 Å². The summed E-state index contributed by atoms with van der Waals surface area (Å²) in [5.74, 6) is -1.09. The Morgan fingerprint density at radius 2 is 1.78 bits per heavy atom. The Morgan fingerprint density at radius 1 is 1.00 bits per heavy atom. The van der Waals surface area contributed by atoms with E-state index < -0.39 is 12.6 Å². The average molecular weight is 374 g/mol. The smallest absolute Gasteiger partial charge is 0.341 e. The molecule has 0 saturated heterocycles. The van der Waals surface area contributed by atoms with Crippen LogP contribution in [-0.2, 0) is 11.2 Å². The normalized spacial score (nSPS) is 10.4. The highest BCUT2D eigenvalue weighted by Gasteiger charge is 2.13. The second-order valence-electron chi connectivity index (χ2n) is 5.94. The molecule has 0 unspecified atom stereocenters.